The Morgan fingerprint density at radius 1 is 1.29 bits per heavy atom. The molecule has 3 aromatic rings. The molecule has 1 amide bonds. The highest BCUT2D eigenvalue weighted by atomic mass is 32.1. The van der Waals surface area contributed by atoms with E-state index in [1.165, 1.54) is 22.7 Å². The second-order valence-electron chi connectivity index (χ2n) is 4.39. The van der Waals surface area contributed by atoms with Gasteiger partial charge in [-0.25, -0.2) is 9.78 Å². The molecule has 0 saturated carbocycles. The van der Waals surface area contributed by atoms with Crippen molar-refractivity contribution in [2.75, 3.05) is 5.32 Å². The largest absolute Gasteiger partial charge is 0.478 e. The first-order valence-corrected chi connectivity index (χ1v) is 7.72. The molecule has 1 aromatic carbocycles. The van der Waals surface area contributed by atoms with Crippen LogP contribution in [0.15, 0.2) is 29.8 Å². The maximum Gasteiger partial charge on any atom is 0.338 e. The summed E-state index contributed by atoms with van der Waals surface area (Å²) in [5.74, 6) is -1.37. The van der Waals surface area contributed by atoms with Crippen molar-refractivity contribution in [3.05, 3.63) is 45.8 Å². The number of thiazole rings is 1. The van der Waals surface area contributed by atoms with Crippen molar-refractivity contribution >= 4 is 49.8 Å². The van der Waals surface area contributed by atoms with E-state index in [0.717, 1.165) is 15.1 Å². The van der Waals surface area contributed by atoms with Gasteiger partial charge in [0.2, 0.25) is 0 Å². The molecule has 5 nitrogen and oxygen atoms in total. The van der Waals surface area contributed by atoms with Gasteiger partial charge in [-0.3, -0.25) is 4.79 Å². The molecule has 0 spiro atoms. The number of benzene rings is 1. The van der Waals surface area contributed by atoms with E-state index in [-0.39, 0.29) is 11.5 Å². The summed E-state index contributed by atoms with van der Waals surface area (Å²) in [4.78, 5) is 28.4. The predicted molar refractivity (Wildman–Crippen MR) is 83.6 cm³/mol. The third-order valence-corrected chi connectivity index (χ3v) is 4.66. The summed E-state index contributed by atoms with van der Waals surface area (Å²) in [5, 5.41) is 12.1. The first kappa shape index (κ1) is 13.7. The van der Waals surface area contributed by atoms with Gasteiger partial charge in [0.15, 0.2) is 0 Å². The Hall–Kier alpha value is -2.25. The number of thiophene rings is 1. The number of carbonyl (C=O) groups is 2. The number of fused-ring (bicyclic) bond motifs is 1. The number of carboxylic acid groups (broad SMARTS) is 1. The summed E-state index contributed by atoms with van der Waals surface area (Å²) in [7, 11) is 0. The average Bonchev–Trinajstić information content (AvgIpc) is 3.04. The van der Waals surface area contributed by atoms with Crippen molar-refractivity contribution in [1.82, 2.24) is 4.98 Å². The number of nitrogens with one attached hydrogen (secondary N) is 1. The molecule has 0 aliphatic heterocycles. The number of amides is 1. The van der Waals surface area contributed by atoms with E-state index in [0.29, 0.717) is 10.6 Å². The Labute approximate surface area is 127 Å². The van der Waals surface area contributed by atoms with E-state index < -0.39 is 5.97 Å². The summed E-state index contributed by atoms with van der Waals surface area (Å²) in [6, 6.07) is 6.76. The normalized spacial score (nSPS) is 10.7. The molecule has 2 aromatic heterocycles. The third kappa shape index (κ3) is 2.65. The van der Waals surface area contributed by atoms with Crippen LogP contribution in [0.4, 0.5) is 5.00 Å². The Kier molecular flexibility index (Phi) is 3.44. The molecule has 0 aliphatic rings. The minimum Gasteiger partial charge on any atom is -0.478 e. The lowest BCUT2D eigenvalue weighted by atomic mass is 10.2. The van der Waals surface area contributed by atoms with Crippen LogP contribution in [0.1, 0.15) is 25.6 Å². The quantitative estimate of drug-likeness (QED) is 0.773. The van der Waals surface area contributed by atoms with Gasteiger partial charge in [0.05, 0.1) is 21.3 Å². The van der Waals surface area contributed by atoms with Crippen LogP contribution in [0.25, 0.3) is 10.2 Å². The fourth-order valence-electron chi connectivity index (χ4n) is 1.94. The van der Waals surface area contributed by atoms with Gasteiger partial charge in [0.25, 0.3) is 5.91 Å². The molecule has 0 aliphatic carbocycles. The van der Waals surface area contributed by atoms with Crippen LogP contribution < -0.4 is 5.32 Å². The lowest BCUT2D eigenvalue weighted by molar-refractivity contribution is 0.0698. The molecular formula is C14H10N2O3S2. The maximum absolute atomic E-state index is 12.3. The van der Waals surface area contributed by atoms with Crippen molar-refractivity contribution in [3.8, 4) is 0 Å². The molecule has 0 unspecified atom stereocenters. The number of hydrogen-bond acceptors (Lipinski definition) is 5. The van der Waals surface area contributed by atoms with Crippen molar-refractivity contribution in [3.63, 3.8) is 0 Å². The minimum atomic E-state index is -1.05. The van der Waals surface area contributed by atoms with E-state index in [1.807, 2.05) is 0 Å². The number of nitrogens with zero attached hydrogens (tertiary/aromatic N) is 1. The molecule has 2 N–H and O–H groups in total. The van der Waals surface area contributed by atoms with E-state index in [1.54, 1.807) is 36.7 Å². The first-order chi connectivity index (χ1) is 10.0. The van der Waals surface area contributed by atoms with Crippen molar-refractivity contribution < 1.29 is 14.7 Å². The molecule has 21 heavy (non-hydrogen) atoms. The van der Waals surface area contributed by atoms with E-state index >= 15 is 0 Å². The first-order valence-electron chi connectivity index (χ1n) is 6.03. The smallest absolute Gasteiger partial charge is 0.338 e. The highest BCUT2D eigenvalue weighted by molar-refractivity contribution is 7.17. The maximum atomic E-state index is 12.3. The fraction of sp³-hybridized carbons (Fsp3) is 0.0714. The molecule has 7 heteroatoms. The van der Waals surface area contributed by atoms with Crippen LogP contribution in [0, 0.1) is 6.92 Å². The number of aryl methyl sites for hydroxylation is 1. The van der Waals surface area contributed by atoms with Crippen LogP contribution in [0.5, 0.6) is 0 Å². The SMILES string of the molecule is Cc1cc(C(=O)O)c(NC(=O)c2ccc3ncsc3c2)s1. The number of rotatable bonds is 3. The van der Waals surface area contributed by atoms with Crippen molar-refractivity contribution in [2.45, 2.75) is 6.92 Å². The Bertz CT molecular complexity index is 851. The van der Waals surface area contributed by atoms with Gasteiger partial charge >= 0.3 is 5.97 Å². The summed E-state index contributed by atoms with van der Waals surface area (Å²) >= 11 is 2.70. The number of hydrogen-bond donors (Lipinski definition) is 2. The van der Waals surface area contributed by atoms with Gasteiger partial charge in [-0.05, 0) is 31.2 Å². The molecule has 0 fully saturated rings. The minimum absolute atomic E-state index is 0.115. The van der Waals surface area contributed by atoms with Gasteiger partial charge in [-0.15, -0.1) is 22.7 Å². The molecule has 0 radical (unpaired) electrons. The molecule has 2 heterocycles. The molecule has 0 bridgehead atoms. The monoisotopic (exact) mass is 318 g/mol. The van der Waals surface area contributed by atoms with Crippen LogP contribution in [0.2, 0.25) is 0 Å². The number of aromatic carboxylic acids is 1. The highest BCUT2D eigenvalue weighted by Crippen LogP contribution is 2.28. The second kappa shape index (κ2) is 5.27. The van der Waals surface area contributed by atoms with Crippen molar-refractivity contribution in [1.29, 1.82) is 0 Å². The number of carboxylic acids is 1. The summed E-state index contributed by atoms with van der Waals surface area (Å²) in [6.07, 6.45) is 0. The van der Waals surface area contributed by atoms with Crippen LogP contribution in [-0.4, -0.2) is 22.0 Å². The topological polar surface area (TPSA) is 79.3 Å². The van der Waals surface area contributed by atoms with Gasteiger partial charge in [0, 0.05) is 10.4 Å². The zero-order chi connectivity index (χ0) is 15.0. The summed E-state index contributed by atoms with van der Waals surface area (Å²) < 4.78 is 0.920. The van der Waals surface area contributed by atoms with Gasteiger partial charge in [-0.1, -0.05) is 0 Å². The highest BCUT2D eigenvalue weighted by Gasteiger charge is 2.17. The zero-order valence-electron chi connectivity index (χ0n) is 10.9. The molecule has 106 valence electrons. The van der Waals surface area contributed by atoms with Crippen LogP contribution in [-0.2, 0) is 0 Å². The van der Waals surface area contributed by atoms with Gasteiger partial charge < -0.3 is 10.4 Å². The predicted octanol–water partition coefficient (Wildman–Crippen LogP) is 3.62. The molecular weight excluding hydrogens is 308 g/mol. The third-order valence-electron chi connectivity index (χ3n) is 2.91. The van der Waals surface area contributed by atoms with Crippen LogP contribution >= 0.6 is 22.7 Å². The van der Waals surface area contributed by atoms with E-state index in [2.05, 4.69) is 10.3 Å². The Balaban J connectivity index is 1.90. The number of anilines is 1. The van der Waals surface area contributed by atoms with Gasteiger partial charge in [-0.2, -0.15) is 0 Å². The van der Waals surface area contributed by atoms with E-state index in [9.17, 15) is 9.59 Å². The average molecular weight is 318 g/mol. The molecule has 3 rings (SSSR count). The van der Waals surface area contributed by atoms with E-state index in [4.69, 9.17) is 5.11 Å². The summed E-state index contributed by atoms with van der Waals surface area (Å²) in [5.41, 5.74) is 3.16. The fourth-order valence-corrected chi connectivity index (χ4v) is 3.55. The second-order valence-corrected chi connectivity index (χ2v) is 6.54. The molecule has 0 saturated heterocycles. The lowest BCUT2D eigenvalue weighted by Crippen LogP contribution is -2.13. The van der Waals surface area contributed by atoms with Crippen LogP contribution in [0.3, 0.4) is 0 Å². The Morgan fingerprint density at radius 2 is 2.10 bits per heavy atom. The lowest BCUT2D eigenvalue weighted by Gasteiger charge is -2.04. The summed E-state index contributed by atoms with van der Waals surface area (Å²) in [6.45, 7) is 1.80. The standard InChI is InChI=1S/C14H10N2O3S2/c1-7-4-9(14(18)19)13(21-7)16-12(17)8-2-3-10-11(5-8)20-6-15-10/h2-6H,1H3,(H,16,17)(H,18,19). The number of carbonyl (C=O) groups excluding carboxylic acids is 1. The van der Waals surface area contributed by atoms with Gasteiger partial charge in [0.1, 0.15) is 5.00 Å². The number of aromatic nitrogens is 1. The zero-order valence-corrected chi connectivity index (χ0v) is 12.5. The van der Waals surface area contributed by atoms with Crippen molar-refractivity contribution in [2.24, 2.45) is 0 Å². The molecule has 0 atom stereocenters. The Morgan fingerprint density at radius 3 is 2.86 bits per heavy atom.